The van der Waals surface area contributed by atoms with Crippen LogP contribution in [0, 0.1) is 0 Å². The monoisotopic (exact) mass is 245 g/mol. The topological polar surface area (TPSA) is 61.5 Å². The van der Waals surface area contributed by atoms with E-state index in [0.29, 0.717) is 6.42 Å². The molecule has 1 unspecified atom stereocenters. The van der Waals surface area contributed by atoms with E-state index in [1.54, 1.807) is 7.11 Å². The molecule has 2 N–H and O–H groups in total. The molecule has 90 valence electrons. The summed E-state index contributed by atoms with van der Waals surface area (Å²) < 4.78 is 9.56. The maximum Gasteiger partial charge on any atom is 0.322 e. The molecule has 0 fully saturated rings. The lowest BCUT2D eigenvalue weighted by Gasteiger charge is -2.09. The quantitative estimate of drug-likeness (QED) is 0.809. The van der Waals surface area contributed by atoms with Crippen LogP contribution in [0.5, 0.6) is 5.75 Å². The Bertz CT molecular complexity index is 327. The number of esters is 1. The number of hydrogen-bond donors (Lipinski definition) is 1. The zero-order valence-corrected chi connectivity index (χ0v) is 10.1. The van der Waals surface area contributed by atoms with Crippen LogP contribution in [0.4, 0.5) is 0 Å². The Balaban J connectivity index is 0.00000225. The third-order valence-corrected chi connectivity index (χ3v) is 2.12. The van der Waals surface area contributed by atoms with Crippen LogP contribution in [-0.2, 0) is 16.0 Å². The minimum Gasteiger partial charge on any atom is -0.497 e. The summed E-state index contributed by atoms with van der Waals surface area (Å²) in [6.07, 6.45) is 0.469. The second-order valence-electron chi connectivity index (χ2n) is 3.18. The lowest BCUT2D eigenvalue weighted by molar-refractivity contribution is -0.142. The zero-order chi connectivity index (χ0) is 11.3. The van der Waals surface area contributed by atoms with Gasteiger partial charge in [-0.1, -0.05) is 12.1 Å². The summed E-state index contributed by atoms with van der Waals surface area (Å²) in [4.78, 5) is 11.1. The Hall–Kier alpha value is -1.26. The van der Waals surface area contributed by atoms with E-state index in [1.165, 1.54) is 7.11 Å². The summed E-state index contributed by atoms with van der Waals surface area (Å²) in [7, 11) is 2.94. The summed E-state index contributed by atoms with van der Waals surface area (Å²) in [5.74, 6) is 0.385. The van der Waals surface area contributed by atoms with Gasteiger partial charge in [0.15, 0.2) is 0 Å². The van der Waals surface area contributed by atoms with Crippen molar-refractivity contribution in [1.82, 2.24) is 0 Å². The van der Waals surface area contributed by atoms with Crippen molar-refractivity contribution in [1.29, 1.82) is 0 Å². The van der Waals surface area contributed by atoms with E-state index < -0.39 is 12.0 Å². The van der Waals surface area contributed by atoms with E-state index in [4.69, 9.17) is 10.5 Å². The molecule has 0 bridgehead atoms. The van der Waals surface area contributed by atoms with Crippen molar-refractivity contribution < 1.29 is 14.3 Å². The lowest BCUT2D eigenvalue weighted by atomic mass is 10.1. The molecule has 0 aliphatic carbocycles. The Morgan fingerprint density at radius 3 is 2.31 bits per heavy atom. The van der Waals surface area contributed by atoms with Crippen molar-refractivity contribution in [2.24, 2.45) is 5.73 Å². The van der Waals surface area contributed by atoms with Crippen LogP contribution in [-0.4, -0.2) is 26.2 Å². The highest BCUT2D eigenvalue weighted by atomic mass is 35.5. The number of benzene rings is 1. The van der Waals surface area contributed by atoms with E-state index >= 15 is 0 Å². The van der Waals surface area contributed by atoms with Crippen molar-refractivity contribution in [3.8, 4) is 5.75 Å². The van der Waals surface area contributed by atoms with Crippen molar-refractivity contribution in [2.75, 3.05) is 14.2 Å². The van der Waals surface area contributed by atoms with Crippen molar-refractivity contribution in [3.05, 3.63) is 29.8 Å². The molecule has 0 radical (unpaired) electrons. The fourth-order valence-electron chi connectivity index (χ4n) is 1.25. The number of rotatable bonds is 4. The van der Waals surface area contributed by atoms with Crippen LogP contribution >= 0.6 is 12.4 Å². The van der Waals surface area contributed by atoms with Gasteiger partial charge in [0.2, 0.25) is 0 Å². The van der Waals surface area contributed by atoms with Crippen LogP contribution in [0.3, 0.4) is 0 Å². The molecular formula is C11H16ClNO3. The molecule has 0 aliphatic rings. The SMILES string of the molecule is COC(=O)C(N)Cc1ccc(OC)cc1.Cl. The van der Waals surface area contributed by atoms with Gasteiger partial charge in [-0.3, -0.25) is 4.79 Å². The number of nitrogens with two attached hydrogens (primary N) is 1. The minimum atomic E-state index is -0.608. The van der Waals surface area contributed by atoms with E-state index in [1.807, 2.05) is 24.3 Å². The standard InChI is InChI=1S/C11H15NO3.ClH/c1-14-9-5-3-8(4-6-9)7-10(12)11(13)15-2;/h3-6,10H,7,12H2,1-2H3;1H. The molecule has 16 heavy (non-hydrogen) atoms. The van der Waals surface area contributed by atoms with Gasteiger partial charge in [0.1, 0.15) is 11.8 Å². The molecule has 1 aromatic carbocycles. The third kappa shape index (κ3) is 4.08. The van der Waals surface area contributed by atoms with Crippen molar-refractivity contribution in [2.45, 2.75) is 12.5 Å². The Morgan fingerprint density at radius 1 is 1.31 bits per heavy atom. The highest BCUT2D eigenvalue weighted by molar-refractivity contribution is 5.85. The normalized spacial score (nSPS) is 11.2. The molecule has 0 saturated carbocycles. The van der Waals surface area contributed by atoms with Crippen LogP contribution in [0.2, 0.25) is 0 Å². The van der Waals surface area contributed by atoms with Gasteiger partial charge in [0.05, 0.1) is 14.2 Å². The van der Waals surface area contributed by atoms with Crippen LogP contribution in [0.1, 0.15) is 5.56 Å². The summed E-state index contributed by atoms with van der Waals surface area (Å²) in [5.41, 5.74) is 6.60. The molecule has 0 heterocycles. The predicted molar refractivity (Wildman–Crippen MR) is 63.9 cm³/mol. The van der Waals surface area contributed by atoms with Crippen molar-refractivity contribution in [3.63, 3.8) is 0 Å². The van der Waals surface area contributed by atoms with Gasteiger partial charge in [0, 0.05) is 0 Å². The van der Waals surface area contributed by atoms with Crippen LogP contribution in [0.25, 0.3) is 0 Å². The highest BCUT2D eigenvalue weighted by Crippen LogP contribution is 2.12. The molecule has 1 aromatic rings. The van der Waals surface area contributed by atoms with Gasteiger partial charge >= 0.3 is 5.97 Å². The molecule has 0 aliphatic heterocycles. The minimum absolute atomic E-state index is 0. The zero-order valence-electron chi connectivity index (χ0n) is 9.30. The van der Waals surface area contributed by atoms with Crippen LogP contribution in [0.15, 0.2) is 24.3 Å². The molecule has 0 aromatic heterocycles. The maximum atomic E-state index is 11.1. The Kier molecular flexibility index (Phi) is 6.53. The molecular weight excluding hydrogens is 230 g/mol. The number of hydrogen-bond acceptors (Lipinski definition) is 4. The second kappa shape index (κ2) is 7.09. The average molecular weight is 246 g/mol. The summed E-state index contributed by atoms with van der Waals surface area (Å²) in [6.45, 7) is 0. The first-order valence-electron chi connectivity index (χ1n) is 4.63. The lowest BCUT2D eigenvalue weighted by Crippen LogP contribution is -2.33. The number of ether oxygens (including phenoxy) is 2. The number of carbonyl (C=O) groups excluding carboxylic acids is 1. The first-order chi connectivity index (χ1) is 7.17. The largest absolute Gasteiger partial charge is 0.497 e. The Labute approximate surface area is 101 Å². The smallest absolute Gasteiger partial charge is 0.322 e. The van der Waals surface area contributed by atoms with Gasteiger partial charge in [-0.25, -0.2) is 0 Å². The van der Waals surface area contributed by atoms with E-state index in [0.717, 1.165) is 11.3 Å². The summed E-state index contributed by atoms with van der Waals surface area (Å²) in [5, 5.41) is 0. The summed E-state index contributed by atoms with van der Waals surface area (Å²) >= 11 is 0. The van der Waals surface area contributed by atoms with Gasteiger partial charge in [0.25, 0.3) is 0 Å². The van der Waals surface area contributed by atoms with Gasteiger partial charge < -0.3 is 15.2 Å². The van der Waals surface area contributed by atoms with E-state index in [2.05, 4.69) is 4.74 Å². The molecule has 0 saturated heterocycles. The van der Waals surface area contributed by atoms with Gasteiger partial charge in [-0.2, -0.15) is 0 Å². The third-order valence-electron chi connectivity index (χ3n) is 2.12. The number of carbonyl (C=O) groups is 1. The Morgan fingerprint density at radius 2 is 1.88 bits per heavy atom. The van der Waals surface area contributed by atoms with Gasteiger partial charge in [-0.15, -0.1) is 12.4 Å². The van der Waals surface area contributed by atoms with E-state index in [9.17, 15) is 4.79 Å². The predicted octanol–water partition coefficient (Wildman–Crippen LogP) is 1.16. The molecule has 0 spiro atoms. The first-order valence-corrected chi connectivity index (χ1v) is 4.63. The van der Waals surface area contributed by atoms with Gasteiger partial charge in [-0.05, 0) is 24.1 Å². The second-order valence-corrected chi connectivity index (χ2v) is 3.18. The number of methoxy groups -OCH3 is 2. The fraction of sp³-hybridized carbons (Fsp3) is 0.364. The molecule has 1 atom stereocenters. The summed E-state index contributed by atoms with van der Waals surface area (Å²) in [6, 6.07) is 6.81. The average Bonchev–Trinajstić information content (AvgIpc) is 2.29. The van der Waals surface area contributed by atoms with Crippen LogP contribution < -0.4 is 10.5 Å². The molecule has 5 heteroatoms. The fourth-order valence-corrected chi connectivity index (χ4v) is 1.25. The maximum absolute atomic E-state index is 11.1. The first kappa shape index (κ1) is 14.7. The number of halogens is 1. The molecule has 0 amide bonds. The van der Waals surface area contributed by atoms with Crippen molar-refractivity contribution >= 4 is 18.4 Å². The highest BCUT2D eigenvalue weighted by Gasteiger charge is 2.13. The molecule has 4 nitrogen and oxygen atoms in total. The van der Waals surface area contributed by atoms with E-state index in [-0.39, 0.29) is 12.4 Å². The molecule has 1 rings (SSSR count).